The molecule has 4 heteroatoms. The first-order chi connectivity index (χ1) is 5.81. The Hall–Kier alpha value is -0.830. The molecular formula is C8H10ClN3. The molecule has 0 aliphatic carbocycles. The third-order valence-corrected chi connectivity index (χ3v) is 2.18. The van der Waals surface area contributed by atoms with Crippen molar-refractivity contribution < 1.29 is 0 Å². The van der Waals surface area contributed by atoms with Crippen LogP contribution in [0.15, 0.2) is 21.2 Å². The molecule has 0 atom stereocenters. The number of rotatable bonds is 1. The average Bonchev–Trinajstić information content (AvgIpc) is 2.50. The Morgan fingerprint density at radius 2 is 2.50 bits per heavy atom. The third kappa shape index (κ3) is 1.14. The second-order valence-electron chi connectivity index (χ2n) is 2.74. The Kier molecular flexibility index (Phi) is 1.89. The Balaban J connectivity index is 2.35. The predicted molar refractivity (Wildman–Crippen MR) is 50.7 cm³/mol. The van der Waals surface area contributed by atoms with E-state index in [1.807, 2.05) is 6.08 Å². The van der Waals surface area contributed by atoms with E-state index in [-0.39, 0.29) is 0 Å². The fourth-order valence-corrected chi connectivity index (χ4v) is 1.64. The van der Waals surface area contributed by atoms with Gasteiger partial charge in [-0.2, -0.15) is 0 Å². The van der Waals surface area contributed by atoms with Crippen molar-refractivity contribution in [1.29, 1.82) is 0 Å². The summed E-state index contributed by atoms with van der Waals surface area (Å²) in [5, 5.41) is 0.545. The standard InChI is InChI=1S/C8H10ClN3/c1-2-7-11-6(9)5-8-10-3-4-12(7)8/h5H,2-4H2,1H3. The van der Waals surface area contributed by atoms with Crippen LogP contribution in [-0.2, 0) is 0 Å². The highest BCUT2D eigenvalue weighted by Gasteiger charge is 2.22. The van der Waals surface area contributed by atoms with Crippen molar-refractivity contribution in [2.24, 2.45) is 9.98 Å². The summed E-state index contributed by atoms with van der Waals surface area (Å²) in [6.45, 7) is 3.88. The summed E-state index contributed by atoms with van der Waals surface area (Å²) in [4.78, 5) is 10.7. The van der Waals surface area contributed by atoms with E-state index in [2.05, 4.69) is 21.8 Å². The SMILES string of the molecule is CCC1=NC(Cl)=CC2=NCCN21. The molecule has 0 aromatic rings. The minimum Gasteiger partial charge on any atom is -0.313 e. The molecule has 2 heterocycles. The van der Waals surface area contributed by atoms with Gasteiger partial charge < -0.3 is 4.90 Å². The van der Waals surface area contributed by atoms with Crippen LogP contribution < -0.4 is 0 Å². The summed E-state index contributed by atoms with van der Waals surface area (Å²) >= 11 is 5.82. The van der Waals surface area contributed by atoms with Crippen molar-refractivity contribution in [2.45, 2.75) is 13.3 Å². The van der Waals surface area contributed by atoms with Crippen LogP contribution >= 0.6 is 11.6 Å². The quantitative estimate of drug-likeness (QED) is 0.568. The highest BCUT2D eigenvalue weighted by atomic mass is 35.5. The van der Waals surface area contributed by atoms with E-state index in [0.717, 1.165) is 31.2 Å². The first-order valence-corrected chi connectivity index (χ1v) is 4.46. The Morgan fingerprint density at radius 1 is 1.67 bits per heavy atom. The minimum atomic E-state index is 0.545. The van der Waals surface area contributed by atoms with Crippen molar-refractivity contribution in [3.63, 3.8) is 0 Å². The van der Waals surface area contributed by atoms with Crippen LogP contribution in [0.25, 0.3) is 0 Å². The van der Waals surface area contributed by atoms with E-state index in [4.69, 9.17) is 11.6 Å². The third-order valence-electron chi connectivity index (χ3n) is 1.99. The zero-order valence-electron chi connectivity index (χ0n) is 6.92. The van der Waals surface area contributed by atoms with E-state index < -0.39 is 0 Å². The Morgan fingerprint density at radius 3 is 3.25 bits per heavy atom. The van der Waals surface area contributed by atoms with Crippen molar-refractivity contribution in [2.75, 3.05) is 13.1 Å². The summed E-state index contributed by atoms with van der Waals surface area (Å²) in [5.74, 6) is 1.99. The monoisotopic (exact) mass is 183 g/mol. The van der Waals surface area contributed by atoms with Gasteiger partial charge in [-0.1, -0.05) is 18.5 Å². The summed E-state index contributed by atoms with van der Waals surface area (Å²) in [7, 11) is 0. The van der Waals surface area contributed by atoms with Gasteiger partial charge in [-0.3, -0.25) is 4.99 Å². The molecule has 0 spiro atoms. The van der Waals surface area contributed by atoms with Gasteiger partial charge in [0.25, 0.3) is 0 Å². The number of halogens is 1. The van der Waals surface area contributed by atoms with E-state index in [0.29, 0.717) is 5.16 Å². The largest absolute Gasteiger partial charge is 0.313 e. The number of aliphatic imine (C=N–C) groups is 2. The first kappa shape index (κ1) is 7.80. The maximum absolute atomic E-state index is 5.82. The summed E-state index contributed by atoms with van der Waals surface area (Å²) in [6.07, 6.45) is 2.72. The van der Waals surface area contributed by atoms with Gasteiger partial charge in [0.05, 0.1) is 6.54 Å². The van der Waals surface area contributed by atoms with Crippen LogP contribution in [0.4, 0.5) is 0 Å². The summed E-state index contributed by atoms with van der Waals surface area (Å²) in [5.41, 5.74) is 0. The molecule has 64 valence electrons. The maximum atomic E-state index is 5.82. The lowest BCUT2D eigenvalue weighted by Crippen LogP contribution is -2.34. The molecule has 0 aromatic heterocycles. The van der Waals surface area contributed by atoms with Crippen LogP contribution in [0.3, 0.4) is 0 Å². The molecule has 2 aliphatic rings. The fourth-order valence-electron chi connectivity index (χ4n) is 1.44. The molecule has 0 N–H and O–H groups in total. The topological polar surface area (TPSA) is 28.0 Å². The van der Waals surface area contributed by atoms with Gasteiger partial charge >= 0.3 is 0 Å². The van der Waals surface area contributed by atoms with Crippen molar-refractivity contribution >= 4 is 23.3 Å². The average molecular weight is 184 g/mol. The van der Waals surface area contributed by atoms with Gasteiger partial charge in [0.2, 0.25) is 0 Å². The molecule has 0 amide bonds. The molecule has 0 bridgehead atoms. The number of hydrogen-bond acceptors (Lipinski definition) is 3. The molecular weight excluding hydrogens is 174 g/mol. The lowest BCUT2D eigenvalue weighted by molar-refractivity contribution is 0.647. The fraction of sp³-hybridized carbons (Fsp3) is 0.500. The number of hydrogen-bond donors (Lipinski definition) is 0. The van der Waals surface area contributed by atoms with E-state index in [1.165, 1.54) is 0 Å². The van der Waals surface area contributed by atoms with E-state index in [9.17, 15) is 0 Å². The molecule has 2 rings (SSSR count). The summed E-state index contributed by atoms with van der Waals surface area (Å²) in [6, 6.07) is 0. The number of nitrogens with zero attached hydrogens (tertiary/aromatic N) is 3. The second kappa shape index (κ2) is 2.90. The van der Waals surface area contributed by atoms with Gasteiger partial charge in [-0.25, -0.2) is 4.99 Å². The van der Waals surface area contributed by atoms with Gasteiger partial charge in [0.1, 0.15) is 16.8 Å². The van der Waals surface area contributed by atoms with Crippen LogP contribution in [0.1, 0.15) is 13.3 Å². The van der Waals surface area contributed by atoms with Gasteiger partial charge in [0.15, 0.2) is 0 Å². The van der Waals surface area contributed by atoms with E-state index in [1.54, 1.807) is 0 Å². The normalized spacial score (nSPS) is 21.5. The zero-order valence-corrected chi connectivity index (χ0v) is 7.67. The molecule has 0 unspecified atom stereocenters. The van der Waals surface area contributed by atoms with Gasteiger partial charge in [-0.15, -0.1) is 0 Å². The van der Waals surface area contributed by atoms with Crippen molar-refractivity contribution in [1.82, 2.24) is 4.90 Å². The Labute approximate surface area is 76.4 Å². The highest BCUT2D eigenvalue weighted by Crippen LogP contribution is 2.17. The lowest BCUT2D eigenvalue weighted by Gasteiger charge is -2.22. The van der Waals surface area contributed by atoms with Gasteiger partial charge in [-0.05, 0) is 0 Å². The molecule has 3 nitrogen and oxygen atoms in total. The smallest absolute Gasteiger partial charge is 0.134 e. The second-order valence-corrected chi connectivity index (χ2v) is 3.13. The van der Waals surface area contributed by atoms with Crippen molar-refractivity contribution in [3.05, 3.63) is 11.2 Å². The van der Waals surface area contributed by atoms with Crippen LogP contribution in [0.5, 0.6) is 0 Å². The zero-order chi connectivity index (χ0) is 8.55. The minimum absolute atomic E-state index is 0.545. The molecule has 0 radical (unpaired) electrons. The molecule has 12 heavy (non-hydrogen) atoms. The van der Waals surface area contributed by atoms with E-state index >= 15 is 0 Å². The maximum Gasteiger partial charge on any atom is 0.134 e. The van der Waals surface area contributed by atoms with Crippen LogP contribution in [0.2, 0.25) is 0 Å². The Bertz CT molecular complexity index is 291. The predicted octanol–water partition coefficient (Wildman–Crippen LogP) is 1.60. The molecule has 0 fully saturated rings. The van der Waals surface area contributed by atoms with Crippen molar-refractivity contribution in [3.8, 4) is 0 Å². The molecule has 0 saturated carbocycles. The number of amidine groups is 2. The molecule has 0 saturated heterocycles. The van der Waals surface area contributed by atoms with Gasteiger partial charge in [0, 0.05) is 19.0 Å². The number of fused-ring (bicyclic) bond motifs is 1. The lowest BCUT2D eigenvalue weighted by atomic mass is 10.3. The van der Waals surface area contributed by atoms with Crippen LogP contribution in [0, 0.1) is 0 Å². The first-order valence-electron chi connectivity index (χ1n) is 4.08. The molecule has 2 aliphatic heterocycles. The summed E-state index contributed by atoms with van der Waals surface area (Å²) < 4.78 is 0. The highest BCUT2D eigenvalue weighted by molar-refractivity contribution is 6.33. The van der Waals surface area contributed by atoms with Crippen LogP contribution in [-0.4, -0.2) is 29.7 Å². The molecule has 0 aromatic carbocycles.